The van der Waals surface area contributed by atoms with Gasteiger partial charge in [0.15, 0.2) is 5.16 Å². The van der Waals surface area contributed by atoms with Crippen molar-refractivity contribution in [3.05, 3.63) is 106 Å². The van der Waals surface area contributed by atoms with Gasteiger partial charge in [-0.1, -0.05) is 60.3 Å². The van der Waals surface area contributed by atoms with Crippen LogP contribution in [-0.2, 0) is 0 Å². The zero-order valence-electron chi connectivity index (χ0n) is 17.5. The highest BCUT2D eigenvalue weighted by Crippen LogP contribution is 2.33. The lowest BCUT2D eigenvalue weighted by atomic mass is 10.1. The van der Waals surface area contributed by atoms with Crippen molar-refractivity contribution in [3.8, 4) is 22.6 Å². The van der Waals surface area contributed by atoms with Crippen LogP contribution in [0.5, 0.6) is 5.75 Å². The average Bonchev–Trinajstić information content (AvgIpc) is 3.28. The van der Waals surface area contributed by atoms with Gasteiger partial charge in [0.2, 0.25) is 0 Å². The van der Waals surface area contributed by atoms with Crippen LogP contribution >= 0.6 is 23.1 Å². The number of fused-ring (bicyclic) bond motifs is 1. The number of hydrogen-bond donors (Lipinski definition) is 0. The standard InChI is InChI=1S/C26H19FN2O2S2/c27-19-13-11-18(12-14-19)22-17-33-24-23(22)25(30)29(20-7-3-1-4-8-20)26(28-24)32-16-15-31-21-9-5-2-6-10-21/h1-14,17H,15-16H2. The van der Waals surface area contributed by atoms with Gasteiger partial charge in [0, 0.05) is 16.7 Å². The first-order valence-electron chi connectivity index (χ1n) is 10.4. The summed E-state index contributed by atoms with van der Waals surface area (Å²) < 4.78 is 20.9. The van der Waals surface area contributed by atoms with Gasteiger partial charge in [-0.25, -0.2) is 9.37 Å². The Kier molecular flexibility index (Phi) is 6.24. The maximum Gasteiger partial charge on any atom is 0.268 e. The molecule has 0 spiro atoms. The zero-order valence-corrected chi connectivity index (χ0v) is 19.1. The second kappa shape index (κ2) is 9.60. The van der Waals surface area contributed by atoms with E-state index < -0.39 is 0 Å². The number of thiophene rings is 1. The first kappa shape index (κ1) is 21.4. The van der Waals surface area contributed by atoms with Gasteiger partial charge in [-0.15, -0.1) is 11.3 Å². The summed E-state index contributed by atoms with van der Waals surface area (Å²) in [5.74, 6) is 1.13. The second-order valence-corrected chi connectivity index (χ2v) is 9.14. The van der Waals surface area contributed by atoms with Gasteiger partial charge in [-0.2, -0.15) is 0 Å². The molecule has 2 aromatic heterocycles. The number of halogens is 1. The van der Waals surface area contributed by atoms with Gasteiger partial charge in [0.25, 0.3) is 5.56 Å². The average molecular weight is 475 g/mol. The number of benzene rings is 3. The third kappa shape index (κ3) is 4.55. The molecule has 0 atom stereocenters. The van der Waals surface area contributed by atoms with Crippen molar-refractivity contribution in [2.75, 3.05) is 12.4 Å². The van der Waals surface area contributed by atoms with E-state index in [-0.39, 0.29) is 11.4 Å². The molecular formula is C26H19FN2O2S2. The van der Waals surface area contributed by atoms with E-state index in [2.05, 4.69) is 0 Å². The topological polar surface area (TPSA) is 44.1 Å². The van der Waals surface area contributed by atoms with E-state index in [4.69, 9.17) is 9.72 Å². The highest BCUT2D eigenvalue weighted by atomic mass is 32.2. The second-order valence-electron chi connectivity index (χ2n) is 7.22. The molecule has 33 heavy (non-hydrogen) atoms. The van der Waals surface area contributed by atoms with Crippen LogP contribution in [-0.4, -0.2) is 21.9 Å². The van der Waals surface area contributed by atoms with Crippen molar-refractivity contribution in [2.45, 2.75) is 5.16 Å². The molecule has 0 radical (unpaired) electrons. The molecule has 0 aliphatic rings. The van der Waals surface area contributed by atoms with Gasteiger partial charge >= 0.3 is 0 Å². The lowest BCUT2D eigenvalue weighted by molar-refractivity contribution is 0.344. The van der Waals surface area contributed by atoms with E-state index >= 15 is 0 Å². The fraction of sp³-hybridized carbons (Fsp3) is 0.0769. The number of thioether (sulfide) groups is 1. The van der Waals surface area contributed by atoms with Gasteiger partial charge in [-0.3, -0.25) is 9.36 Å². The Morgan fingerprint density at radius 1 is 0.939 bits per heavy atom. The predicted octanol–water partition coefficient (Wildman–Crippen LogP) is 6.42. The molecule has 7 heteroatoms. The first-order valence-corrected chi connectivity index (χ1v) is 12.2. The molecule has 0 amide bonds. The summed E-state index contributed by atoms with van der Waals surface area (Å²) >= 11 is 2.90. The summed E-state index contributed by atoms with van der Waals surface area (Å²) in [5.41, 5.74) is 2.16. The number of aromatic nitrogens is 2. The minimum atomic E-state index is -0.311. The highest BCUT2D eigenvalue weighted by molar-refractivity contribution is 7.99. The Morgan fingerprint density at radius 3 is 2.36 bits per heavy atom. The third-order valence-corrected chi connectivity index (χ3v) is 6.85. The Hall–Kier alpha value is -3.42. The van der Waals surface area contributed by atoms with Crippen molar-refractivity contribution < 1.29 is 9.13 Å². The van der Waals surface area contributed by atoms with Crippen LogP contribution in [0.15, 0.2) is 100 Å². The molecule has 0 bridgehead atoms. The molecule has 0 N–H and O–H groups in total. The molecule has 0 aliphatic carbocycles. The molecule has 4 nitrogen and oxygen atoms in total. The Balaban J connectivity index is 1.53. The van der Waals surface area contributed by atoms with Crippen LogP contribution in [0.4, 0.5) is 4.39 Å². The molecule has 0 fully saturated rings. The zero-order chi connectivity index (χ0) is 22.6. The summed E-state index contributed by atoms with van der Waals surface area (Å²) in [4.78, 5) is 19.2. The summed E-state index contributed by atoms with van der Waals surface area (Å²) in [6.45, 7) is 0.489. The van der Waals surface area contributed by atoms with Gasteiger partial charge in [0.05, 0.1) is 17.7 Å². The summed E-state index contributed by atoms with van der Waals surface area (Å²) in [6, 6.07) is 25.3. The van der Waals surface area contributed by atoms with Crippen molar-refractivity contribution in [3.63, 3.8) is 0 Å². The Bertz CT molecular complexity index is 1430. The minimum absolute atomic E-state index is 0.141. The molecule has 5 aromatic rings. The number of hydrogen-bond acceptors (Lipinski definition) is 5. The number of rotatable bonds is 7. The molecular weight excluding hydrogens is 455 g/mol. The molecule has 164 valence electrons. The summed E-state index contributed by atoms with van der Waals surface area (Å²) in [7, 11) is 0. The van der Waals surface area contributed by atoms with Crippen LogP contribution < -0.4 is 10.3 Å². The van der Waals surface area contributed by atoms with Crippen LogP contribution in [0.2, 0.25) is 0 Å². The van der Waals surface area contributed by atoms with Gasteiger partial charge in [0.1, 0.15) is 16.4 Å². The van der Waals surface area contributed by atoms with Crippen molar-refractivity contribution in [2.24, 2.45) is 0 Å². The normalized spacial score (nSPS) is 11.1. The van der Waals surface area contributed by atoms with Crippen LogP contribution in [0.1, 0.15) is 0 Å². The molecule has 5 rings (SSSR count). The number of para-hydroxylation sites is 2. The van der Waals surface area contributed by atoms with Crippen molar-refractivity contribution in [1.29, 1.82) is 0 Å². The Labute approximate surface area is 198 Å². The highest BCUT2D eigenvalue weighted by Gasteiger charge is 2.18. The van der Waals surface area contributed by atoms with E-state index in [1.807, 2.05) is 66.0 Å². The molecule has 0 saturated carbocycles. The SMILES string of the molecule is O=c1c2c(-c3ccc(F)cc3)csc2nc(SCCOc2ccccc2)n1-c1ccccc1. The maximum atomic E-state index is 13.7. The molecule has 0 saturated heterocycles. The minimum Gasteiger partial charge on any atom is -0.493 e. The maximum absolute atomic E-state index is 13.7. The van der Waals surface area contributed by atoms with Gasteiger partial charge in [-0.05, 0) is 42.0 Å². The number of nitrogens with zero attached hydrogens (tertiary/aromatic N) is 2. The van der Waals surface area contributed by atoms with Crippen LogP contribution in [0, 0.1) is 5.82 Å². The van der Waals surface area contributed by atoms with Gasteiger partial charge < -0.3 is 4.74 Å². The van der Waals surface area contributed by atoms with E-state index in [0.29, 0.717) is 27.7 Å². The summed E-state index contributed by atoms with van der Waals surface area (Å²) in [5, 5.41) is 3.07. The smallest absolute Gasteiger partial charge is 0.268 e. The van der Waals surface area contributed by atoms with Crippen LogP contribution in [0.25, 0.3) is 27.0 Å². The first-order chi connectivity index (χ1) is 16.2. The Morgan fingerprint density at radius 2 is 1.64 bits per heavy atom. The molecule has 2 heterocycles. The number of ether oxygens (including phenoxy) is 1. The fourth-order valence-corrected chi connectivity index (χ4v) is 5.34. The van der Waals surface area contributed by atoms with E-state index in [9.17, 15) is 9.18 Å². The van der Waals surface area contributed by atoms with Crippen LogP contribution in [0.3, 0.4) is 0 Å². The van der Waals surface area contributed by atoms with E-state index in [1.54, 1.807) is 16.7 Å². The largest absolute Gasteiger partial charge is 0.493 e. The lowest BCUT2D eigenvalue weighted by Gasteiger charge is -2.13. The molecule has 0 aliphatic heterocycles. The van der Waals surface area contributed by atoms with E-state index in [1.165, 1.54) is 35.2 Å². The molecule has 0 unspecified atom stereocenters. The van der Waals surface area contributed by atoms with Crippen molar-refractivity contribution >= 4 is 33.3 Å². The third-order valence-electron chi connectivity index (χ3n) is 5.07. The quantitative estimate of drug-likeness (QED) is 0.155. The van der Waals surface area contributed by atoms with E-state index in [0.717, 1.165) is 22.6 Å². The monoisotopic (exact) mass is 474 g/mol. The predicted molar refractivity (Wildman–Crippen MR) is 133 cm³/mol. The van der Waals surface area contributed by atoms with Crippen molar-refractivity contribution in [1.82, 2.24) is 9.55 Å². The molecule has 3 aromatic carbocycles. The summed E-state index contributed by atoms with van der Waals surface area (Å²) in [6.07, 6.45) is 0. The lowest BCUT2D eigenvalue weighted by Crippen LogP contribution is -2.21. The fourth-order valence-electron chi connectivity index (χ4n) is 3.52.